The fourth-order valence-corrected chi connectivity index (χ4v) is 1.34. The lowest BCUT2D eigenvalue weighted by Gasteiger charge is -2.06. The fourth-order valence-electron chi connectivity index (χ4n) is 1.34. The number of nitrogens with one attached hydrogen (secondary N) is 2. The maximum Gasteiger partial charge on any atom is 0.252 e. The molecule has 1 amide bonds. The molecule has 1 rings (SSSR count). The van der Waals surface area contributed by atoms with Crippen molar-refractivity contribution in [1.82, 2.24) is 10.3 Å². The van der Waals surface area contributed by atoms with Crippen LogP contribution in [0.3, 0.4) is 0 Å². The number of amides is 1. The molecule has 100 valence electrons. The number of hydrogen-bond donors (Lipinski definition) is 3. The highest BCUT2D eigenvalue weighted by Gasteiger charge is 2.04. The van der Waals surface area contributed by atoms with Crippen LogP contribution in [-0.4, -0.2) is 30.6 Å². The summed E-state index contributed by atoms with van der Waals surface area (Å²) < 4.78 is 5.31. The Morgan fingerprint density at radius 1 is 1.44 bits per heavy atom. The molecule has 0 saturated carbocycles. The van der Waals surface area contributed by atoms with Gasteiger partial charge in [0.2, 0.25) is 0 Å². The number of nitrogen functional groups attached to an aromatic ring is 1. The van der Waals surface area contributed by atoms with Gasteiger partial charge in [-0.05, 0) is 25.0 Å². The number of hydrogen-bond acceptors (Lipinski definition) is 5. The minimum absolute atomic E-state index is 0.137. The molecular weight excluding hydrogens is 232 g/mol. The molecule has 1 heterocycles. The predicted octanol–water partition coefficient (Wildman–Crippen LogP) is 0.914. The lowest BCUT2D eigenvalue weighted by Crippen LogP contribution is -2.25. The third-order valence-electron chi connectivity index (χ3n) is 2.27. The number of anilines is 1. The maximum absolute atomic E-state index is 11.7. The van der Waals surface area contributed by atoms with E-state index in [4.69, 9.17) is 10.6 Å². The van der Waals surface area contributed by atoms with Crippen LogP contribution in [0.25, 0.3) is 0 Å². The van der Waals surface area contributed by atoms with Crippen molar-refractivity contribution in [2.24, 2.45) is 5.84 Å². The van der Waals surface area contributed by atoms with Gasteiger partial charge in [0.05, 0.1) is 5.56 Å². The van der Waals surface area contributed by atoms with Crippen molar-refractivity contribution in [1.29, 1.82) is 0 Å². The van der Waals surface area contributed by atoms with E-state index in [9.17, 15) is 4.79 Å². The third kappa shape index (κ3) is 5.11. The van der Waals surface area contributed by atoms with Crippen LogP contribution in [0.15, 0.2) is 18.3 Å². The van der Waals surface area contributed by atoms with Crippen LogP contribution in [0.1, 0.15) is 30.1 Å². The Kier molecular flexibility index (Phi) is 6.75. The van der Waals surface area contributed by atoms with Gasteiger partial charge in [-0.3, -0.25) is 4.79 Å². The second-order valence-corrected chi connectivity index (χ2v) is 3.80. The smallest absolute Gasteiger partial charge is 0.252 e. The number of carbonyl (C=O) groups is 1. The molecule has 1 aromatic rings. The second-order valence-electron chi connectivity index (χ2n) is 3.80. The average Bonchev–Trinajstić information content (AvgIpc) is 2.42. The first-order chi connectivity index (χ1) is 8.77. The number of aromatic nitrogens is 1. The predicted molar refractivity (Wildman–Crippen MR) is 70.1 cm³/mol. The largest absolute Gasteiger partial charge is 0.381 e. The van der Waals surface area contributed by atoms with E-state index in [2.05, 4.69) is 22.7 Å². The van der Waals surface area contributed by atoms with Crippen molar-refractivity contribution in [3.05, 3.63) is 23.9 Å². The lowest BCUT2D eigenvalue weighted by atomic mass is 10.2. The number of carbonyl (C=O) groups excluding carboxylic acids is 1. The minimum Gasteiger partial charge on any atom is -0.381 e. The van der Waals surface area contributed by atoms with Crippen LogP contribution in [0.4, 0.5) is 5.82 Å². The SMILES string of the molecule is CCCOCCCNC(=O)c1ccc(NN)nc1. The Labute approximate surface area is 107 Å². The third-order valence-corrected chi connectivity index (χ3v) is 2.27. The maximum atomic E-state index is 11.7. The zero-order valence-electron chi connectivity index (χ0n) is 10.6. The summed E-state index contributed by atoms with van der Waals surface area (Å²) in [5.74, 6) is 5.58. The van der Waals surface area contributed by atoms with Crippen molar-refractivity contribution >= 4 is 11.7 Å². The van der Waals surface area contributed by atoms with Gasteiger partial charge in [0.1, 0.15) is 5.82 Å². The highest BCUT2D eigenvalue weighted by molar-refractivity contribution is 5.93. The number of pyridine rings is 1. The number of nitrogens with zero attached hydrogens (tertiary/aromatic N) is 1. The molecule has 6 heteroatoms. The van der Waals surface area contributed by atoms with Gasteiger partial charge in [-0.1, -0.05) is 6.92 Å². The van der Waals surface area contributed by atoms with Crippen molar-refractivity contribution in [2.45, 2.75) is 19.8 Å². The minimum atomic E-state index is -0.137. The molecule has 0 saturated heterocycles. The van der Waals surface area contributed by atoms with Crippen molar-refractivity contribution in [3.63, 3.8) is 0 Å². The van der Waals surface area contributed by atoms with Gasteiger partial charge in [-0.2, -0.15) is 0 Å². The van der Waals surface area contributed by atoms with Gasteiger partial charge < -0.3 is 15.5 Å². The van der Waals surface area contributed by atoms with E-state index in [1.54, 1.807) is 12.1 Å². The van der Waals surface area contributed by atoms with Gasteiger partial charge in [-0.15, -0.1) is 0 Å². The summed E-state index contributed by atoms with van der Waals surface area (Å²) in [6, 6.07) is 3.32. The summed E-state index contributed by atoms with van der Waals surface area (Å²) in [5, 5.41) is 2.80. The van der Waals surface area contributed by atoms with Crippen molar-refractivity contribution < 1.29 is 9.53 Å². The number of rotatable bonds is 8. The van der Waals surface area contributed by atoms with E-state index in [1.807, 2.05) is 0 Å². The zero-order chi connectivity index (χ0) is 13.2. The van der Waals surface area contributed by atoms with Gasteiger partial charge in [-0.25, -0.2) is 10.8 Å². The van der Waals surface area contributed by atoms with Crippen LogP contribution < -0.4 is 16.6 Å². The van der Waals surface area contributed by atoms with Gasteiger partial charge >= 0.3 is 0 Å². The Hall–Kier alpha value is -1.66. The van der Waals surface area contributed by atoms with E-state index in [0.29, 0.717) is 24.5 Å². The molecule has 0 fully saturated rings. The van der Waals surface area contributed by atoms with E-state index >= 15 is 0 Å². The van der Waals surface area contributed by atoms with Gasteiger partial charge in [0.25, 0.3) is 5.91 Å². The lowest BCUT2D eigenvalue weighted by molar-refractivity contribution is 0.0941. The molecule has 0 radical (unpaired) electrons. The summed E-state index contributed by atoms with van der Waals surface area (Å²) >= 11 is 0. The quantitative estimate of drug-likeness (QED) is 0.363. The van der Waals surface area contributed by atoms with Crippen molar-refractivity contribution in [3.8, 4) is 0 Å². The Bertz CT molecular complexity index is 354. The molecule has 0 aromatic carbocycles. The highest BCUT2D eigenvalue weighted by Crippen LogP contribution is 2.03. The molecule has 0 spiro atoms. The zero-order valence-corrected chi connectivity index (χ0v) is 10.6. The summed E-state index contributed by atoms with van der Waals surface area (Å²) in [4.78, 5) is 15.7. The van der Waals surface area contributed by atoms with E-state index in [1.165, 1.54) is 6.20 Å². The Morgan fingerprint density at radius 2 is 2.28 bits per heavy atom. The average molecular weight is 252 g/mol. The Balaban J connectivity index is 2.23. The molecule has 4 N–H and O–H groups in total. The molecule has 0 atom stereocenters. The van der Waals surface area contributed by atoms with Gasteiger partial charge in [0.15, 0.2) is 0 Å². The molecule has 0 unspecified atom stereocenters. The highest BCUT2D eigenvalue weighted by atomic mass is 16.5. The van der Waals surface area contributed by atoms with Gasteiger partial charge in [0, 0.05) is 26.0 Å². The van der Waals surface area contributed by atoms with Crippen LogP contribution in [-0.2, 0) is 4.74 Å². The molecule has 6 nitrogen and oxygen atoms in total. The monoisotopic (exact) mass is 252 g/mol. The normalized spacial score (nSPS) is 10.1. The molecular formula is C12H20N4O2. The molecule has 0 aliphatic heterocycles. The van der Waals surface area contributed by atoms with Crippen LogP contribution >= 0.6 is 0 Å². The first kappa shape index (κ1) is 14.4. The first-order valence-corrected chi connectivity index (χ1v) is 6.06. The summed E-state index contributed by atoms with van der Waals surface area (Å²) in [5.41, 5.74) is 2.92. The fraction of sp³-hybridized carbons (Fsp3) is 0.500. The second kappa shape index (κ2) is 8.43. The topological polar surface area (TPSA) is 89.3 Å². The number of hydrazine groups is 1. The number of nitrogens with two attached hydrogens (primary N) is 1. The molecule has 0 bridgehead atoms. The van der Waals surface area contributed by atoms with Crippen LogP contribution in [0, 0.1) is 0 Å². The summed E-state index contributed by atoms with van der Waals surface area (Å²) in [7, 11) is 0. The standard InChI is InChI=1S/C12H20N4O2/c1-2-7-18-8-3-6-14-12(17)10-4-5-11(16-13)15-9-10/h4-5,9H,2-3,6-8,13H2,1H3,(H,14,17)(H,15,16). The molecule has 1 aromatic heterocycles. The molecule has 0 aliphatic carbocycles. The summed E-state index contributed by atoms with van der Waals surface area (Å²) in [6.45, 7) is 4.10. The van der Waals surface area contributed by atoms with Crippen molar-refractivity contribution in [2.75, 3.05) is 25.2 Å². The van der Waals surface area contributed by atoms with E-state index in [-0.39, 0.29) is 5.91 Å². The first-order valence-electron chi connectivity index (χ1n) is 6.06. The Morgan fingerprint density at radius 3 is 2.89 bits per heavy atom. The van der Waals surface area contributed by atoms with Crippen LogP contribution in [0.2, 0.25) is 0 Å². The molecule has 18 heavy (non-hydrogen) atoms. The summed E-state index contributed by atoms with van der Waals surface area (Å²) in [6.07, 6.45) is 3.30. The van der Waals surface area contributed by atoms with Crippen LogP contribution in [0.5, 0.6) is 0 Å². The van der Waals surface area contributed by atoms with E-state index in [0.717, 1.165) is 19.4 Å². The molecule has 0 aliphatic rings. The number of ether oxygens (including phenoxy) is 1. The van der Waals surface area contributed by atoms with E-state index < -0.39 is 0 Å².